The summed E-state index contributed by atoms with van der Waals surface area (Å²) < 4.78 is 6.47. The lowest BCUT2D eigenvalue weighted by Crippen LogP contribution is -2.37. The maximum atomic E-state index is 12.7. The molecular formula is C19H19N3O3. The van der Waals surface area contributed by atoms with Gasteiger partial charge in [0.2, 0.25) is 5.91 Å². The number of anilines is 1. The minimum Gasteiger partial charge on any atom is -0.463 e. The molecule has 0 aliphatic rings. The molecule has 128 valence electrons. The zero-order valence-corrected chi connectivity index (χ0v) is 14.2. The summed E-state index contributed by atoms with van der Waals surface area (Å²) in [7, 11) is 0. The van der Waals surface area contributed by atoms with Crippen LogP contribution in [0.5, 0.6) is 0 Å². The highest BCUT2D eigenvalue weighted by atomic mass is 16.3. The van der Waals surface area contributed by atoms with Gasteiger partial charge in [0.15, 0.2) is 5.76 Å². The molecule has 3 aromatic rings. The third-order valence-electron chi connectivity index (χ3n) is 3.95. The second-order valence-corrected chi connectivity index (χ2v) is 5.62. The highest BCUT2D eigenvalue weighted by Gasteiger charge is 2.17. The quantitative estimate of drug-likeness (QED) is 0.718. The van der Waals surface area contributed by atoms with Crippen LogP contribution in [0.3, 0.4) is 0 Å². The standard InChI is InChI=1S/C19H19N3O3/c1-3-21(16-8-5-4-7-14(16)2)19(24)13-22-18(23)11-10-15(20-22)17-9-6-12-25-17/h4-12H,3,13H2,1-2H3. The molecule has 0 aliphatic carbocycles. The van der Waals surface area contributed by atoms with Gasteiger partial charge in [-0.05, 0) is 43.7 Å². The fourth-order valence-electron chi connectivity index (χ4n) is 2.68. The van der Waals surface area contributed by atoms with Crippen LogP contribution < -0.4 is 10.5 Å². The van der Waals surface area contributed by atoms with Crippen molar-refractivity contribution in [3.05, 3.63) is 70.7 Å². The second-order valence-electron chi connectivity index (χ2n) is 5.62. The molecule has 0 bridgehead atoms. The second kappa shape index (κ2) is 7.17. The van der Waals surface area contributed by atoms with Gasteiger partial charge >= 0.3 is 0 Å². The Balaban J connectivity index is 1.88. The fourth-order valence-corrected chi connectivity index (χ4v) is 2.68. The maximum absolute atomic E-state index is 12.7. The Bertz CT molecular complexity index is 929. The van der Waals surface area contributed by atoms with Crippen LogP contribution in [0.2, 0.25) is 0 Å². The molecule has 2 heterocycles. The van der Waals surface area contributed by atoms with Crippen LogP contribution in [0.15, 0.2) is 64.0 Å². The van der Waals surface area contributed by atoms with Gasteiger partial charge in [0, 0.05) is 18.3 Å². The molecule has 25 heavy (non-hydrogen) atoms. The maximum Gasteiger partial charge on any atom is 0.267 e. The Morgan fingerprint density at radius 1 is 1.16 bits per heavy atom. The van der Waals surface area contributed by atoms with Crippen molar-refractivity contribution >= 4 is 11.6 Å². The minimum absolute atomic E-state index is 0.129. The number of carbonyl (C=O) groups is 1. The van der Waals surface area contributed by atoms with Gasteiger partial charge in [-0.3, -0.25) is 9.59 Å². The van der Waals surface area contributed by atoms with E-state index in [1.165, 1.54) is 17.0 Å². The Morgan fingerprint density at radius 2 is 1.96 bits per heavy atom. The molecule has 3 rings (SSSR count). The number of para-hydroxylation sites is 1. The normalized spacial score (nSPS) is 10.6. The van der Waals surface area contributed by atoms with Gasteiger partial charge in [-0.15, -0.1) is 0 Å². The van der Waals surface area contributed by atoms with Gasteiger partial charge in [-0.25, -0.2) is 4.68 Å². The van der Waals surface area contributed by atoms with Gasteiger partial charge in [-0.2, -0.15) is 5.10 Å². The fraction of sp³-hybridized carbons (Fsp3) is 0.211. The molecule has 0 aliphatic heterocycles. The van der Waals surface area contributed by atoms with E-state index in [0.29, 0.717) is 18.0 Å². The van der Waals surface area contributed by atoms with Crippen molar-refractivity contribution in [2.75, 3.05) is 11.4 Å². The van der Waals surface area contributed by atoms with E-state index in [2.05, 4.69) is 5.10 Å². The van der Waals surface area contributed by atoms with E-state index in [0.717, 1.165) is 11.3 Å². The topological polar surface area (TPSA) is 68.3 Å². The number of aromatic nitrogens is 2. The van der Waals surface area contributed by atoms with Crippen molar-refractivity contribution in [2.24, 2.45) is 0 Å². The zero-order valence-electron chi connectivity index (χ0n) is 14.2. The average molecular weight is 337 g/mol. The molecule has 0 spiro atoms. The smallest absolute Gasteiger partial charge is 0.267 e. The first-order valence-electron chi connectivity index (χ1n) is 8.08. The van der Waals surface area contributed by atoms with Gasteiger partial charge < -0.3 is 9.32 Å². The number of benzene rings is 1. The van der Waals surface area contributed by atoms with Crippen molar-refractivity contribution in [3.8, 4) is 11.5 Å². The first-order valence-corrected chi connectivity index (χ1v) is 8.08. The summed E-state index contributed by atoms with van der Waals surface area (Å²) in [6, 6.07) is 14.1. The number of carbonyl (C=O) groups excluding carboxylic acids is 1. The van der Waals surface area contributed by atoms with Crippen LogP contribution in [0, 0.1) is 6.92 Å². The van der Waals surface area contributed by atoms with Crippen LogP contribution in [0.25, 0.3) is 11.5 Å². The Hall–Kier alpha value is -3.15. The number of nitrogens with zero attached hydrogens (tertiary/aromatic N) is 3. The molecular weight excluding hydrogens is 318 g/mol. The Labute approximate surface area is 145 Å². The molecule has 0 saturated carbocycles. The van der Waals surface area contributed by atoms with Crippen molar-refractivity contribution in [3.63, 3.8) is 0 Å². The van der Waals surface area contributed by atoms with Crippen molar-refractivity contribution in [1.29, 1.82) is 0 Å². The van der Waals surface area contributed by atoms with Crippen molar-refractivity contribution < 1.29 is 9.21 Å². The summed E-state index contributed by atoms with van der Waals surface area (Å²) in [5.41, 5.74) is 2.02. The number of amides is 1. The van der Waals surface area contributed by atoms with E-state index in [4.69, 9.17) is 4.42 Å². The molecule has 0 N–H and O–H groups in total. The predicted molar refractivity (Wildman–Crippen MR) is 95.4 cm³/mol. The summed E-state index contributed by atoms with van der Waals surface area (Å²) in [6.45, 7) is 4.24. The molecule has 0 radical (unpaired) electrons. The van der Waals surface area contributed by atoms with E-state index in [9.17, 15) is 9.59 Å². The number of furan rings is 1. The summed E-state index contributed by atoms with van der Waals surface area (Å²) in [5, 5.41) is 4.25. The number of aryl methyl sites for hydroxylation is 1. The third kappa shape index (κ3) is 3.52. The largest absolute Gasteiger partial charge is 0.463 e. The summed E-state index contributed by atoms with van der Waals surface area (Å²) in [4.78, 5) is 26.5. The van der Waals surface area contributed by atoms with E-state index < -0.39 is 0 Å². The lowest BCUT2D eigenvalue weighted by molar-refractivity contribution is -0.119. The van der Waals surface area contributed by atoms with E-state index in [1.54, 1.807) is 23.1 Å². The van der Waals surface area contributed by atoms with Gasteiger partial charge in [-0.1, -0.05) is 18.2 Å². The molecule has 1 amide bonds. The van der Waals surface area contributed by atoms with Crippen molar-refractivity contribution in [2.45, 2.75) is 20.4 Å². The monoisotopic (exact) mass is 337 g/mol. The molecule has 0 fully saturated rings. The van der Waals surface area contributed by atoms with Crippen LogP contribution >= 0.6 is 0 Å². The Kier molecular flexibility index (Phi) is 4.79. The van der Waals surface area contributed by atoms with Crippen LogP contribution in [-0.2, 0) is 11.3 Å². The molecule has 0 atom stereocenters. The molecule has 2 aromatic heterocycles. The molecule has 0 saturated heterocycles. The SMILES string of the molecule is CCN(C(=O)Cn1nc(-c2ccco2)ccc1=O)c1ccccc1C. The van der Waals surface area contributed by atoms with Gasteiger partial charge in [0.1, 0.15) is 12.2 Å². The summed E-state index contributed by atoms with van der Waals surface area (Å²) >= 11 is 0. The Morgan fingerprint density at radius 3 is 2.64 bits per heavy atom. The molecule has 6 nitrogen and oxygen atoms in total. The van der Waals surface area contributed by atoms with Crippen molar-refractivity contribution in [1.82, 2.24) is 9.78 Å². The van der Waals surface area contributed by atoms with Gasteiger partial charge in [0.25, 0.3) is 5.56 Å². The lowest BCUT2D eigenvalue weighted by atomic mass is 10.2. The van der Waals surface area contributed by atoms with Crippen LogP contribution in [0.1, 0.15) is 12.5 Å². The van der Waals surface area contributed by atoms with E-state index >= 15 is 0 Å². The molecule has 1 aromatic carbocycles. The highest BCUT2D eigenvalue weighted by Crippen LogP contribution is 2.20. The van der Waals surface area contributed by atoms with Gasteiger partial charge in [0.05, 0.1) is 6.26 Å². The number of hydrogen-bond donors (Lipinski definition) is 0. The molecule has 0 unspecified atom stereocenters. The summed E-state index contributed by atoms with van der Waals surface area (Å²) in [6.07, 6.45) is 1.54. The summed E-state index contributed by atoms with van der Waals surface area (Å²) in [5.74, 6) is 0.357. The zero-order chi connectivity index (χ0) is 17.8. The number of hydrogen-bond acceptors (Lipinski definition) is 4. The number of rotatable bonds is 5. The average Bonchev–Trinajstić information content (AvgIpc) is 3.14. The van der Waals surface area contributed by atoms with Crippen LogP contribution in [0.4, 0.5) is 5.69 Å². The van der Waals surface area contributed by atoms with E-state index in [-0.39, 0.29) is 18.0 Å². The highest BCUT2D eigenvalue weighted by molar-refractivity contribution is 5.93. The first-order chi connectivity index (χ1) is 12.1. The third-order valence-corrected chi connectivity index (χ3v) is 3.95. The predicted octanol–water partition coefficient (Wildman–Crippen LogP) is 2.86. The molecule has 6 heteroatoms. The van der Waals surface area contributed by atoms with Crippen LogP contribution in [-0.4, -0.2) is 22.2 Å². The lowest BCUT2D eigenvalue weighted by Gasteiger charge is -2.23. The van der Waals surface area contributed by atoms with E-state index in [1.807, 2.05) is 38.1 Å². The first kappa shape index (κ1) is 16.7. The number of likely N-dealkylation sites (N-methyl/N-ethyl adjacent to an activating group) is 1. The minimum atomic E-state index is -0.329.